The molecule has 0 saturated heterocycles. The summed E-state index contributed by atoms with van der Waals surface area (Å²) in [5, 5.41) is 5.59. The van der Waals surface area contributed by atoms with Gasteiger partial charge in [0, 0.05) is 24.5 Å². The molecule has 0 aromatic heterocycles. The molecule has 0 aliphatic carbocycles. The molecule has 2 aromatic rings. The Balaban J connectivity index is 1.63. The van der Waals surface area contributed by atoms with Crippen LogP contribution in [0.4, 0.5) is 21.9 Å². The molecule has 0 spiro atoms. The molecule has 0 atom stereocenters. The quantitative estimate of drug-likeness (QED) is 0.663. The zero-order valence-corrected chi connectivity index (χ0v) is 18.0. The molecule has 30 heavy (non-hydrogen) atoms. The molecule has 7 nitrogen and oxygen atoms in total. The Morgan fingerprint density at radius 2 is 1.80 bits per heavy atom. The highest BCUT2D eigenvalue weighted by atomic mass is 16.5. The number of carbonyl (C=O) groups excluding carboxylic acids is 2. The monoisotopic (exact) mass is 411 g/mol. The number of carbonyl (C=O) groups is 2. The Morgan fingerprint density at radius 3 is 2.50 bits per heavy atom. The second-order valence-electron chi connectivity index (χ2n) is 8.02. The van der Waals surface area contributed by atoms with Gasteiger partial charge in [-0.15, -0.1) is 0 Å². The summed E-state index contributed by atoms with van der Waals surface area (Å²) < 4.78 is 11.5. The van der Waals surface area contributed by atoms with E-state index in [-0.39, 0.29) is 18.5 Å². The van der Waals surface area contributed by atoms with Gasteiger partial charge >= 0.3 is 6.03 Å². The Morgan fingerprint density at radius 1 is 1.13 bits per heavy atom. The summed E-state index contributed by atoms with van der Waals surface area (Å²) in [7, 11) is 1.73. The summed E-state index contributed by atoms with van der Waals surface area (Å²) >= 11 is 0. The molecule has 1 heterocycles. The lowest BCUT2D eigenvalue weighted by Crippen LogP contribution is -2.39. The number of nitrogens with zero attached hydrogens (tertiary/aromatic N) is 1. The number of hydrogen-bond acceptors (Lipinski definition) is 4. The second kappa shape index (κ2) is 9.07. The molecule has 2 aromatic carbocycles. The highest BCUT2D eigenvalue weighted by molar-refractivity contribution is 6.01. The predicted molar refractivity (Wildman–Crippen MR) is 119 cm³/mol. The van der Waals surface area contributed by atoms with Crippen molar-refractivity contribution in [2.45, 2.75) is 33.6 Å². The lowest BCUT2D eigenvalue weighted by atomic mass is 9.93. The molecule has 2 N–H and O–H groups in total. The largest absolute Gasteiger partial charge is 0.494 e. The predicted octanol–water partition coefficient (Wildman–Crippen LogP) is 4.89. The number of nitrogens with one attached hydrogen (secondary N) is 2. The van der Waals surface area contributed by atoms with Crippen LogP contribution >= 0.6 is 0 Å². The molecule has 0 radical (unpaired) electrons. The van der Waals surface area contributed by atoms with E-state index in [0.717, 1.165) is 18.6 Å². The van der Waals surface area contributed by atoms with Crippen molar-refractivity contribution in [2.24, 2.45) is 5.41 Å². The van der Waals surface area contributed by atoms with Gasteiger partial charge in [0.05, 0.1) is 17.7 Å². The standard InChI is InChI=1S/C23H29N3O4/c1-5-6-13-29-18-10-7-16(8-11-18)24-22(28)25-17-9-12-19-20(14-17)30-15-23(2,3)21(27)26(19)4/h7-12,14H,5-6,13,15H2,1-4H3,(H2,24,25,28). The van der Waals surface area contributed by atoms with Gasteiger partial charge < -0.3 is 25.0 Å². The van der Waals surface area contributed by atoms with E-state index in [1.54, 1.807) is 42.3 Å². The molecular formula is C23H29N3O4. The van der Waals surface area contributed by atoms with E-state index in [0.29, 0.717) is 29.4 Å². The van der Waals surface area contributed by atoms with E-state index in [1.165, 1.54) is 0 Å². The number of amides is 3. The third-order valence-corrected chi connectivity index (χ3v) is 4.93. The smallest absolute Gasteiger partial charge is 0.323 e. The number of hydrogen-bond donors (Lipinski definition) is 2. The van der Waals surface area contributed by atoms with Crippen molar-refractivity contribution in [3.8, 4) is 11.5 Å². The van der Waals surface area contributed by atoms with E-state index >= 15 is 0 Å². The minimum Gasteiger partial charge on any atom is -0.494 e. The van der Waals surface area contributed by atoms with Gasteiger partial charge in [-0.1, -0.05) is 13.3 Å². The van der Waals surface area contributed by atoms with Crippen LogP contribution in [0, 0.1) is 5.41 Å². The molecule has 7 heteroatoms. The van der Waals surface area contributed by atoms with Crippen LogP contribution in [0.3, 0.4) is 0 Å². The topological polar surface area (TPSA) is 79.9 Å². The van der Waals surface area contributed by atoms with Crippen LogP contribution in [0.1, 0.15) is 33.6 Å². The first kappa shape index (κ1) is 21.5. The zero-order chi connectivity index (χ0) is 21.7. The molecule has 3 rings (SSSR count). The van der Waals surface area contributed by atoms with Crippen molar-refractivity contribution in [3.05, 3.63) is 42.5 Å². The summed E-state index contributed by atoms with van der Waals surface area (Å²) in [6.07, 6.45) is 2.09. The number of ether oxygens (including phenoxy) is 2. The SMILES string of the molecule is CCCCOc1ccc(NC(=O)Nc2ccc3c(c2)OCC(C)(C)C(=O)N3C)cc1. The highest BCUT2D eigenvalue weighted by Crippen LogP contribution is 2.37. The van der Waals surface area contributed by atoms with Gasteiger partial charge in [-0.2, -0.15) is 0 Å². The lowest BCUT2D eigenvalue weighted by Gasteiger charge is -2.24. The summed E-state index contributed by atoms with van der Waals surface area (Å²) in [5.41, 5.74) is 1.29. The molecule has 3 amide bonds. The molecule has 0 unspecified atom stereocenters. The van der Waals surface area contributed by atoms with E-state index < -0.39 is 5.41 Å². The van der Waals surface area contributed by atoms with E-state index in [4.69, 9.17) is 9.47 Å². The second-order valence-corrected chi connectivity index (χ2v) is 8.02. The number of fused-ring (bicyclic) bond motifs is 1. The number of unbranched alkanes of at least 4 members (excludes halogenated alkanes) is 1. The maximum absolute atomic E-state index is 12.6. The maximum atomic E-state index is 12.6. The van der Waals surface area contributed by atoms with Crippen molar-refractivity contribution in [2.75, 3.05) is 35.8 Å². The van der Waals surface area contributed by atoms with Crippen LogP contribution < -0.4 is 25.0 Å². The van der Waals surface area contributed by atoms with Gasteiger partial charge in [-0.05, 0) is 56.7 Å². The summed E-state index contributed by atoms with van der Waals surface area (Å²) in [6, 6.07) is 12.1. The summed E-state index contributed by atoms with van der Waals surface area (Å²) in [4.78, 5) is 26.5. The first-order valence-electron chi connectivity index (χ1n) is 10.2. The van der Waals surface area contributed by atoms with E-state index in [1.807, 2.05) is 26.0 Å². The normalized spacial score (nSPS) is 14.9. The van der Waals surface area contributed by atoms with Gasteiger partial charge in [0.15, 0.2) is 0 Å². The molecule has 0 bridgehead atoms. The highest BCUT2D eigenvalue weighted by Gasteiger charge is 2.36. The Hall–Kier alpha value is -3.22. The van der Waals surface area contributed by atoms with Gasteiger partial charge in [0.1, 0.15) is 18.1 Å². The first-order valence-corrected chi connectivity index (χ1v) is 10.2. The minimum absolute atomic E-state index is 0.0122. The fourth-order valence-corrected chi connectivity index (χ4v) is 3.13. The van der Waals surface area contributed by atoms with Crippen LogP contribution in [-0.2, 0) is 4.79 Å². The van der Waals surface area contributed by atoms with Crippen molar-refractivity contribution in [1.82, 2.24) is 0 Å². The summed E-state index contributed by atoms with van der Waals surface area (Å²) in [5.74, 6) is 1.32. The van der Waals surface area contributed by atoms with Crippen molar-refractivity contribution >= 4 is 29.0 Å². The van der Waals surface area contributed by atoms with Crippen LogP contribution in [0.2, 0.25) is 0 Å². The molecule has 0 saturated carbocycles. The number of rotatable bonds is 6. The van der Waals surface area contributed by atoms with Crippen molar-refractivity contribution in [3.63, 3.8) is 0 Å². The molecule has 160 valence electrons. The third kappa shape index (κ3) is 5.03. The van der Waals surface area contributed by atoms with E-state index in [2.05, 4.69) is 17.6 Å². The summed E-state index contributed by atoms with van der Waals surface area (Å²) in [6.45, 7) is 6.77. The Labute approximate surface area is 177 Å². The average Bonchev–Trinajstić information content (AvgIpc) is 2.80. The minimum atomic E-state index is -0.620. The van der Waals surface area contributed by atoms with Crippen molar-refractivity contribution < 1.29 is 19.1 Å². The van der Waals surface area contributed by atoms with Gasteiger partial charge in [0.25, 0.3) is 0 Å². The molecule has 1 aliphatic heterocycles. The zero-order valence-electron chi connectivity index (χ0n) is 18.0. The maximum Gasteiger partial charge on any atom is 0.323 e. The third-order valence-electron chi connectivity index (χ3n) is 4.93. The van der Waals surface area contributed by atoms with Gasteiger partial charge in [0.2, 0.25) is 5.91 Å². The molecule has 0 fully saturated rings. The average molecular weight is 412 g/mol. The number of benzene rings is 2. The van der Waals surface area contributed by atoms with Crippen LogP contribution in [0.15, 0.2) is 42.5 Å². The molecular weight excluding hydrogens is 382 g/mol. The first-order chi connectivity index (χ1) is 14.3. The van der Waals surface area contributed by atoms with Gasteiger partial charge in [-0.3, -0.25) is 4.79 Å². The van der Waals surface area contributed by atoms with E-state index in [9.17, 15) is 9.59 Å². The number of anilines is 3. The molecule has 1 aliphatic rings. The van der Waals surface area contributed by atoms with Gasteiger partial charge in [-0.25, -0.2) is 4.79 Å². The van der Waals surface area contributed by atoms with Crippen LogP contribution in [0.5, 0.6) is 11.5 Å². The number of urea groups is 1. The van der Waals surface area contributed by atoms with Crippen LogP contribution in [-0.4, -0.2) is 32.2 Å². The Bertz CT molecular complexity index is 909. The lowest BCUT2D eigenvalue weighted by molar-refractivity contribution is -0.127. The fourth-order valence-electron chi connectivity index (χ4n) is 3.13. The Kier molecular flexibility index (Phi) is 6.50. The fraction of sp³-hybridized carbons (Fsp3) is 0.391. The van der Waals surface area contributed by atoms with Crippen LogP contribution in [0.25, 0.3) is 0 Å². The van der Waals surface area contributed by atoms with Crippen molar-refractivity contribution in [1.29, 1.82) is 0 Å².